The Hall–Kier alpha value is -0.380. The second-order valence-corrected chi connectivity index (χ2v) is 7.95. The van der Waals surface area contributed by atoms with Gasteiger partial charge in [-0.3, -0.25) is 4.21 Å². The lowest BCUT2D eigenvalue weighted by molar-refractivity contribution is 0.542. The van der Waals surface area contributed by atoms with Crippen molar-refractivity contribution in [1.29, 1.82) is 0 Å². The van der Waals surface area contributed by atoms with Gasteiger partial charge < -0.3 is 0 Å². The van der Waals surface area contributed by atoms with Gasteiger partial charge in [0.25, 0.3) is 0 Å². The summed E-state index contributed by atoms with van der Waals surface area (Å²) in [7, 11) is -5.24. The lowest BCUT2D eigenvalue weighted by Gasteiger charge is -2.09. The molecule has 0 radical (unpaired) electrons. The topological polar surface area (TPSA) is 63.2 Å². The first-order valence-corrected chi connectivity index (χ1v) is 9.03. The van der Waals surface area contributed by atoms with E-state index in [1.807, 2.05) is 0 Å². The van der Waals surface area contributed by atoms with E-state index in [0.717, 1.165) is 6.07 Å². The number of rotatable bonds is 6. The minimum atomic E-state index is -4.12. The van der Waals surface area contributed by atoms with E-state index in [-0.39, 0.29) is 16.8 Å². The minimum Gasteiger partial charge on any atom is -0.260 e. The average molecular weight is 376 g/mol. The Bertz CT molecular complexity index is 569. The molecule has 0 aliphatic rings. The van der Waals surface area contributed by atoms with E-state index >= 15 is 0 Å². The van der Waals surface area contributed by atoms with E-state index in [2.05, 4.69) is 20.7 Å². The number of hydrogen-bond donors (Lipinski definition) is 1. The molecule has 0 aliphatic carbocycles. The largest absolute Gasteiger partial charge is 0.260 e. The minimum absolute atomic E-state index is 0.0773. The number of sulfonamides is 1. The Labute approximate surface area is 121 Å². The number of nitrogens with one attached hydrogen (secondary N) is 1. The number of halogens is 3. The highest BCUT2D eigenvalue weighted by Gasteiger charge is 2.23. The first-order chi connectivity index (χ1) is 8.77. The fourth-order valence-corrected chi connectivity index (χ4v) is 4.23. The van der Waals surface area contributed by atoms with Gasteiger partial charge in [0.2, 0.25) is 10.0 Å². The van der Waals surface area contributed by atoms with Gasteiger partial charge in [-0.1, -0.05) is 6.92 Å². The molecule has 108 valence electrons. The second-order valence-electron chi connectivity index (χ2n) is 3.53. The molecular formula is C10H12BrF2NO3S2. The van der Waals surface area contributed by atoms with Crippen LogP contribution in [0.25, 0.3) is 0 Å². The standard InChI is InChI=1S/C10H12BrF2NO3S2/c1-2-18(15)4-3-14-19(16,17)10-8(11)5-7(12)6-9(10)13/h5-6,14H,2-4H2,1H3. The molecule has 0 bridgehead atoms. The van der Waals surface area contributed by atoms with E-state index in [9.17, 15) is 21.4 Å². The molecule has 0 amide bonds. The van der Waals surface area contributed by atoms with Crippen molar-refractivity contribution >= 4 is 36.8 Å². The van der Waals surface area contributed by atoms with Gasteiger partial charge in [0.05, 0.1) is 0 Å². The van der Waals surface area contributed by atoms with Crippen molar-refractivity contribution in [2.24, 2.45) is 0 Å². The number of benzene rings is 1. The van der Waals surface area contributed by atoms with Crippen molar-refractivity contribution in [3.63, 3.8) is 0 Å². The molecule has 0 saturated carbocycles. The van der Waals surface area contributed by atoms with Crippen molar-refractivity contribution in [2.75, 3.05) is 18.1 Å². The molecule has 4 nitrogen and oxygen atoms in total. The second kappa shape index (κ2) is 6.87. The van der Waals surface area contributed by atoms with Gasteiger partial charge in [-0.25, -0.2) is 21.9 Å². The van der Waals surface area contributed by atoms with Gasteiger partial charge in [-0.05, 0) is 22.0 Å². The normalized spacial score (nSPS) is 13.5. The van der Waals surface area contributed by atoms with Crippen molar-refractivity contribution < 1.29 is 21.4 Å². The zero-order valence-electron chi connectivity index (χ0n) is 9.95. The van der Waals surface area contributed by atoms with Crippen LogP contribution in [0.1, 0.15) is 6.92 Å². The third kappa shape index (κ3) is 4.59. The summed E-state index contributed by atoms with van der Waals surface area (Å²) in [6, 6.07) is 1.35. The molecule has 0 aromatic heterocycles. The SMILES string of the molecule is CCS(=O)CCNS(=O)(=O)c1c(F)cc(F)cc1Br. The summed E-state index contributed by atoms with van der Waals surface area (Å²) in [6.07, 6.45) is 0. The zero-order chi connectivity index (χ0) is 14.6. The molecule has 0 saturated heterocycles. The molecule has 1 unspecified atom stereocenters. The molecule has 0 aliphatic heterocycles. The average Bonchev–Trinajstić information content (AvgIpc) is 2.26. The predicted molar refractivity (Wildman–Crippen MR) is 72.8 cm³/mol. The Balaban J connectivity index is 2.92. The van der Waals surface area contributed by atoms with E-state index in [1.165, 1.54) is 0 Å². The van der Waals surface area contributed by atoms with E-state index in [1.54, 1.807) is 6.92 Å². The van der Waals surface area contributed by atoms with Crippen LogP contribution >= 0.6 is 15.9 Å². The molecule has 1 N–H and O–H groups in total. The first-order valence-electron chi connectivity index (χ1n) is 5.27. The van der Waals surface area contributed by atoms with Gasteiger partial charge >= 0.3 is 0 Å². The first kappa shape index (κ1) is 16.7. The Morgan fingerprint density at radius 1 is 1.37 bits per heavy atom. The van der Waals surface area contributed by atoms with Crippen molar-refractivity contribution in [2.45, 2.75) is 11.8 Å². The van der Waals surface area contributed by atoms with Crippen LogP contribution < -0.4 is 4.72 Å². The van der Waals surface area contributed by atoms with Crippen LogP contribution in [0.15, 0.2) is 21.5 Å². The maximum atomic E-state index is 13.5. The fraction of sp³-hybridized carbons (Fsp3) is 0.400. The lowest BCUT2D eigenvalue weighted by atomic mass is 10.3. The molecule has 1 atom stereocenters. The zero-order valence-corrected chi connectivity index (χ0v) is 13.2. The summed E-state index contributed by atoms with van der Waals surface area (Å²) < 4.78 is 63.2. The molecule has 19 heavy (non-hydrogen) atoms. The summed E-state index contributed by atoms with van der Waals surface area (Å²) in [5, 5.41) is 0. The Morgan fingerprint density at radius 2 is 2.00 bits per heavy atom. The summed E-state index contributed by atoms with van der Waals surface area (Å²) in [6.45, 7) is 1.63. The maximum absolute atomic E-state index is 13.5. The van der Waals surface area contributed by atoms with Crippen LogP contribution in [0, 0.1) is 11.6 Å². The van der Waals surface area contributed by atoms with Gasteiger partial charge in [0.1, 0.15) is 16.5 Å². The van der Waals surface area contributed by atoms with E-state index in [0.29, 0.717) is 11.8 Å². The highest BCUT2D eigenvalue weighted by Crippen LogP contribution is 2.25. The van der Waals surface area contributed by atoms with Crippen LogP contribution in [-0.4, -0.2) is 30.7 Å². The van der Waals surface area contributed by atoms with Crippen LogP contribution in [0.3, 0.4) is 0 Å². The molecule has 0 spiro atoms. The highest BCUT2D eigenvalue weighted by molar-refractivity contribution is 9.10. The molecule has 0 heterocycles. The maximum Gasteiger partial charge on any atom is 0.244 e. The smallest absolute Gasteiger partial charge is 0.244 e. The third-order valence-electron chi connectivity index (χ3n) is 2.18. The Kier molecular flexibility index (Phi) is 6.03. The lowest BCUT2D eigenvalue weighted by Crippen LogP contribution is -2.29. The van der Waals surface area contributed by atoms with Crippen LogP contribution in [-0.2, 0) is 20.8 Å². The molecule has 1 aromatic carbocycles. The summed E-state index contributed by atoms with van der Waals surface area (Å²) >= 11 is 2.81. The molecule has 0 fully saturated rings. The predicted octanol–water partition coefficient (Wildman–Crippen LogP) is 1.77. The molecule has 1 rings (SSSR count). The van der Waals surface area contributed by atoms with Gasteiger partial charge in [-0.15, -0.1) is 0 Å². The molecular weight excluding hydrogens is 364 g/mol. The third-order valence-corrected chi connectivity index (χ3v) is 5.90. The van der Waals surface area contributed by atoms with Gasteiger partial charge in [0, 0.05) is 39.4 Å². The van der Waals surface area contributed by atoms with Crippen LogP contribution in [0.4, 0.5) is 8.78 Å². The van der Waals surface area contributed by atoms with E-state index < -0.39 is 37.4 Å². The summed E-state index contributed by atoms with van der Waals surface area (Å²) in [5.74, 6) is -1.52. The van der Waals surface area contributed by atoms with E-state index in [4.69, 9.17) is 0 Å². The number of hydrogen-bond acceptors (Lipinski definition) is 3. The van der Waals surface area contributed by atoms with Crippen molar-refractivity contribution in [3.8, 4) is 0 Å². The van der Waals surface area contributed by atoms with Gasteiger partial charge in [-0.2, -0.15) is 0 Å². The molecule has 9 heteroatoms. The highest BCUT2D eigenvalue weighted by atomic mass is 79.9. The monoisotopic (exact) mass is 375 g/mol. The van der Waals surface area contributed by atoms with Crippen LogP contribution in [0.5, 0.6) is 0 Å². The quantitative estimate of drug-likeness (QED) is 0.823. The van der Waals surface area contributed by atoms with Crippen LogP contribution in [0.2, 0.25) is 0 Å². The Morgan fingerprint density at radius 3 is 2.53 bits per heavy atom. The fourth-order valence-electron chi connectivity index (χ4n) is 1.29. The van der Waals surface area contributed by atoms with Crippen molar-refractivity contribution in [1.82, 2.24) is 4.72 Å². The van der Waals surface area contributed by atoms with Gasteiger partial charge in [0.15, 0.2) is 0 Å². The summed E-state index contributed by atoms with van der Waals surface area (Å²) in [5.41, 5.74) is 0. The molecule has 1 aromatic rings. The summed E-state index contributed by atoms with van der Waals surface area (Å²) in [4.78, 5) is -0.656. The van der Waals surface area contributed by atoms with Crippen molar-refractivity contribution in [3.05, 3.63) is 28.2 Å².